The normalized spacial score (nSPS) is 10.9. The minimum absolute atomic E-state index is 0.271. The van der Waals surface area contributed by atoms with Crippen LogP contribution in [0.15, 0.2) is 36.4 Å². The van der Waals surface area contributed by atoms with Crippen LogP contribution in [0.4, 0.5) is 4.39 Å². The van der Waals surface area contributed by atoms with Gasteiger partial charge in [0.1, 0.15) is 5.82 Å². The molecule has 2 nitrogen and oxygen atoms in total. The first-order valence-electron chi connectivity index (χ1n) is 6.13. The van der Waals surface area contributed by atoms with Crippen LogP contribution in [0.1, 0.15) is 15.9 Å². The molecule has 0 aliphatic carbocycles. The highest BCUT2D eigenvalue weighted by Crippen LogP contribution is 2.32. The Kier molecular flexibility index (Phi) is 3.07. The van der Waals surface area contributed by atoms with Crippen LogP contribution in [0.2, 0.25) is 5.02 Å². The number of benzene rings is 2. The Morgan fingerprint density at radius 2 is 2.05 bits per heavy atom. The van der Waals surface area contributed by atoms with E-state index in [0.29, 0.717) is 22.2 Å². The zero-order valence-corrected chi connectivity index (χ0v) is 11.5. The van der Waals surface area contributed by atoms with Gasteiger partial charge in [0.05, 0.1) is 11.2 Å². The molecule has 0 fully saturated rings. The van der Waals surface area contributed by atoms with E-state index in [4.69, 9.17) is 11.6 Å². The van der Waals surface area contributed by atoms with Crippen molar-refractivity contribution in [2.75, 3.05) is 0 Å². The van der Waals surface area contributed by atoms with Gasteiger partial charge in [-0.2, -0.15) is 0 Å². The van der Waals surface area contributed by atoms with E-state index in [9.17, 15) is 9.18 Å². The van der Waals surface area contributed by atoms with Gasteiger partial charge in [-0.05, 0) is 30.7 Å². The molecule has 20 heavy (non-hydrogen) atoms. The lowest BCUT2D eigenvalue weighted by Gasteiger charge is -2.01. The molecule has 0 atom stereocenters. The van der Waals surface area contributed by atoms with Crippen molar-refractivity contribution in [3.63, 3.8) is 0 Å². The van der Waals surface area contributed by atoms with Gasteiger partial charge in [-0.25, -0.2) is 4.39 Å². The van der Waals surface area contributed by atoms with E-state index in [-0.39, 0.29) is 5.02 Å². The molecule has 0 radical (unpaired) electrons. The van der Waals surface area contributed by atoms with Gasteiger partial charge < -0.3 is 4.98 Å². The van der Waals surface area contributed by atoms with Crippen LogP contribution in [0.5, 0.6) is 0 Å². The van der Waals surface area contributed by atoms with Crippen LogP contribution in [-0.2, 0) is 0 Å². The first kappa shape index (κ1) is 12.9. The maximum absolute atomic E-state index is 13.9. The number of fused-ring (bicyclic) bond motifs is 1. The third-order valence-corrected chi connectivity index (χ3v) is 3.51. The molecule has 1 aromatic heterocycles. The van der Waals surface area contributed by atoms with Crippen molar-refractivity contribution in [3.8, 4) is 11.3 Å². The summed E-state index contributed by atoms with van der Waals surface area (Å²) in [6.45, 7) is 1.96. The lowest BCUT2D eigenvalue weighted by atomic mass is 10.0. The van der Waals surface area contributed by atoms with Crippen molar-refractivity contribution in [2.45, 2.75) is 6.92 Å². The van der Waals surface area contributed by atoms with Crippen LogP contribution >= 0.6 is 11.6 Å². The number of hydrogen-bond acceptors (Lipinski definition) is 1. The summed E-state index contributed by atoms with van der Waals surface area (Å²) >= 11 is 5.86. The second kappa shape index (κ2) is 4.76. The summed E-state index contributed by atoms with van der Waals surface area (Å²) in [5.41, 5.74) is 3.25. The molecule has 0 bridgehead atoms. The summed E-state index contributed by atoms with van der Waals surface area (Å²) in [6, 6.07) is 10.5. The Hall–Kier alpha value is -2.13. The van der Waals surface area contributed by atoms with E-state index in [1.54, 1.807) is 6.07 Å². The zero-order chi connectivity index (χ0) is 14.3. The molecule has 4 heteroatoms. The van der Waals surface area contributed by atoms with Gasteiger partial charge in [0, 0.05) is 16.0 Å². The van der Waals surface area contributed by atoms with Crippen molar-refractivity contribution >= 4 is 28.8 Å². The van der Waals surface area contributed by atoms with Crippen LogP contribution in [-0.4, -0.2) is 11.3 Å². The van der Waals surface area contributed by atoms with Gasteiger partial charge >= 0.3 is 0 Å². The van der Waals surface area contributed by atoms with Gasteiger partial charge in [0.15, 0.2) is 6.29 Å². The highest BCUT2D eigenvalue weighted by Gasteiger charge is 2.16. The van der Waals surface area contributed by atoms with E-state index in [1.165, 1.54) is 6.07 Å². The third kappa shape index (κ3) is 2.00. The first-order valence-corrected chi connectivity index (χ1v) is 6.51. The van der Waals surface area contributed by atoms with Crippen LogP contribution < -0.4 is 0 Å². The molecule has 0 aliphatic heterocycles. The summed E-state index contributed by atoms with van der Waals surface area (Å²) in [7, 11) is 0. The first-order chi connectivity index (χ1) is 9.60. The molecule has 100 valence electrons. The molecule has 0 aliphatic rings. The fraction of sp³-hybridized carbons (Fsp3) is 0.0625. The number of hydrogen-bond donors (Lipinski definition) is 1. The molecule has 0 spiro atoms. The number of aromatic amines is 1. The van der Waals surface area contributed by atoms with Gasteiger partial charge in [-0.1, -0.05) is 35.4 Å². The molecule has 3 aromatic rings. The zero-order valence-electron chi connectivity index (χ0n) is 10.7. The smallest absolute Gasteiger partial charge is 0.152 e. The molecule has 2 aromatic carbocycles. The van der Waals surface area contributed by atoms with E-state index in [0.717, 1.165) is 17.4 Å². The molecular formula is C16H11ClFNO. The molecule has 3 rings (SSSR count). The Labute approximate surface area is 120 Å². The predicted octanol–water partition coefficient (Wildman–Crippen LogP) is 4.75. The number of aryl methyl sites for hydroxylation is 1. The second-order valence-corrected chi connectivity index (χ2v) is 5.15. The predicted molar refractivity (Wildman–Crippen MR) is 78.8 cm³/mol. The number of halogens is 2. The second-order valence-electron chi connectivity index (χ2n) is 4.71. The van der Waals surface area contributed by atoms with Crippen molar-refractivity contribution in [3.05, 3.63) is 58.4 Å². The fourth-order valence-electron chi connectivity index (χ4n) is 2.39. The quantitative estimate of drug-likeness (QED) is 0.678. The Bertz CT molecular complexity index is 823. The number of aromatic nitrogens is 1. The molecule has 1 N–H and O–H groups in total. The maximum Gasteiger partial charge on any atom is 0.152 e. The van der Waals surface area contributed by atoms with Gasteiger partial charge in [0.2, 0.25) is 0 Å². The van der Waals surface area contributed by atoms with E-state index in [2.05, 4.69) is 4.98 Å². The standard InChI is InChI=1S/C16H11ClFNO/c1-9-3-2-4-10(5-9)15-13(8-20)12-6-11(17)7-14(18)16(12)19-15/h2-8,19H,1H3. The SMILES string of the molecule is Cc1cccc(-c2[nH]c3c(F)cc(Cl)cc3c2C=O)c1. The van der Waals surface area contributed by atoms with Crippen molar-refractivity contribution in [2.24, 2.45) is 0 Å². The number of H-pyrrole nitrogens is 1. The Morgan fingerprint density at radius 3 is 2.75 bits per heavy atom. The summed E-state index contributed by atoms with van der Waals surface area (Å²) in [5, 5.41) is 0.773. The van der Waals surface area contributed by atoms with Crippen LogP contribution in [0, 0.1) is 12.7 Å². The van der Waals surface area contributed by atoms with E-state index >= 15 is 0 Å². The summed E-state index contributed by atoms with van der Waals surface area (Å²) in [5.74, 6) is -0.463. The average molecular weight is 288 g/mol. The van der Waals surface area contributed by atoms with Crippen molar-refractivity contribution < 1.29 is 9.18 Å². The monoisotopic (exact) mass is 287 g/mol. The highest BCUT2D eigenvalue weighted by atomic mass is 35.5. The maximum atomic E-state index is 13.9. The lowest BCUT2D eigenvalue weighted by molar-refractivity contribution is 0.112. The number of carbonyl (C=O) groups excluding carboxylic acids is 1. The number of nitrogens with one attached hydrogen (secondary N) is 1. The molecular weight excluding hydrogens is 277 g/mol. The minimum Gasteiger partial charge on any atom is -0.352 e. The Morgan fingerprint density at radius 1 is 1.25 bits per heavy atom. The molecule has 0 saturated heterocycles. The molecule has 1 heterocycles. The lowest BCUT2D eigenvalue weighted by Crippen LogP contribution is -1.85. The van der Waals surface area contributed by atoms with Gasteiger partial charge in [-0.3, -0.25) is 4.79 Å². The van der Waals surface area contributed by atoms with Crippen LogP contribution in [0.3, 0.4) is 0 Å². The summed E-state index contributed by atoms with van der Waals surface area (Å²) < 4.78 is 13.9. The van der Waals surface area contributed by atoms with Gasteiger partial charge in [-0.15, -0.1) is 0 Å². The molecule has 0 saturated carbocycles. The van der Waals surface area contributed by atoms with Crippen molar-refractivity contribution in [1.82, 2.24) is 4.98 Å². The van der Waals surface area contributed by atoms with Gasteiger partial charge in [0.25, 0.3) is 0 Å². The average Bonchev–Trinajstić information content (AvgIpc) is 2.77. The van der Waals surface area contributed by atoms with E-state index < -0.39 is 5.82 Å². The Balaban J connectivity index is 2.37. The molecule has 0 amide bonds. The van der Waals surface area contributed by atoms with Crippen LogP contribution in [0.25, 0.3) is 22.2 Å². The number of aldehydes is 1. The fourth-order valence-corrected chi connectivity index (χ4v) is 2.60. The largest absolute Gasteiger partial charge is 0.352 e. The highest BCUT2D eigenvalue weighted by molar-refractivity contribution is 6.31. The minimum atomic E-state index is -0.463. The third-order valence-electron chi connectivity index (χ3n) is 3.29. The van der Waals surface area contributed by atoms with E-state index in [1.807, 2.05) is 31.2 Å². The molecule has 0 unspecified atom stereocenters. The number of carbonyl (C=O) groups is 1. The van der Waals surface area contributed by atoms with Crippen molar-refractivity contribution in [1.29, 1.82) is 0 Å². The topological polar surface area (TPSA) is 32.9 Å². The number of rotatable bonds is 2. The summed E-state index contributed by atoms with van der Waals surface area (Å²) in [4.78, 5) is 14.4. The summed E-state index contributed by atoms with van der Waals surface area (Å²) in [6.07, 6.45) is 0.728.